The van der Waals surface area contributed by atoms with Crippen molar-refractivity contribution in [3.05, 3.63) is 78.6 Å². The number of nitrogens with one attached hydrogen (secondary N) is 1. The van der Waals surface area contributed by atoms with Gasteiger partial charge in [-0.15, -0.1) is 0 Å². The van der Waals surface area contributed by atoms with Crippen molar-refractivity contribution in [1.82, 2.24) is 9.78 Å². The highest BCUT2D eigenvalue weighted by Crippen LogP contribution is 2.28. The van der Waals surface area contributed by atoms with Crippen LogP contribution >= 0.6 is 0 Å². The van der Waals surface area contributed by atoms with Crippen molar-refractivity contribution < 1.29 is 4.79 Å². The average molecular weight is 358 g/mol. The van der Waals surface area contributed by atoms with Crippen molar-refractivity contribution in [2.45, 2.75) is 12.8 Å². The Morgan fingerprint density at radius 2 is 1.74 bits per heavy atom. The molecule has 1 aromatic heterocycles. The summed E-state index contributed by atoms with van der Waals surface area (Å²) in [6.45, 7) is 2.09. The number of rotatable bonds is 5. The minimum atomic E-state index is -0.144. The quantitative estimate of drug-likeness (QED) is 0.698. The highest BCUT2D eigenvalue weighted by atomic mass is 16.1. The molecule has 0 radical (unpaired) electrons. The van der Waals surface area contributed by atoms with Crippen molar-refractivity contribution in [3.8, 4) is 5.69 Å². The molecule has 5 heteroatoms. The van der Waals surface area contributed by atoms with Crippen molar-refractivity contribution >= 4 is 23.4 Å². The molecule has 0 bridgehead atoms. The van der Waals surface area contributed by atoms with Crippen LogP contribution in [-0.4, -0.2) is 28.8 Å². The molecule has 3 aromatic rings. The second kappa shape index (κ2) is 7.91. The van der Waals surface area contributed by atoms with E-state index >= 15 is 0 Å². The van der Waals surface area contributed by atoms with Crippen molar-refractivity contribution in [3.63, 3.8) is 0 Å². The van der Waals surface area contributed by atoms with Gasteiger partial charge in [0.05, 0.1) is 23.3 Å². The molecule has 0 aliphatic carbocycles. The molecule has 0 spiro atoms. The molecular weight excluding hydrogens is 336 g/mol. The van der Waals surface area contributed by atoms with Crippen LogP contribution in [0.3, 0.4) is 0 Å². The molecule has 1 N–H and O–H groups in total. The second-order valence-electron chi connectivity index (χ2n) is 6.59. The number of benzene rings is 2. The van der Waals surface area contributed by atoms with E-state index in [1.807, 2.05) is 54.7 Å². The predicted molar refractivity (Wildman–Crippen MR) is 109 cm³/mol. The number of anilines is 2. The van der Waals surface area contributed by atoms with Crippen molar-refractivity contribution in [1.29, 1.82) is 0 Å². The summed E-state index contributed by atoms with van der Waals surface area (Å²) in [5, 5.41) is 7.34. The molecule has 1 fully saturated rings. The van der Waals surface area contributed by atoms with Crippen molar-refractivity contribution in [2.75, 3.05) is 23.3 Å². The lowest BCUT2D eigenvalue weighted by molar-refractivity contribution is -0.111. The van der Waals surface area contributed by atoms with Gasteiger partial charge in [-0.05, 0) is 43.2 Å². The first-order chi connectivity index (χ1) is 13.3. The summed E-state index contributed by atoms with van der Waals surface area (Å²) in [4.78, 5) is 14.7. The third-order valence-corrected chi connectivity index (χ3v) is 4.66. The maximum atomic E-state index is 12.4. The zero-order valence-corrected chi connectivity index (χ0v) is 15.1. The van der Waals surface area contributed by atoms with Crippen LogP contribution in [0, 0.1) is 0 Å². The average Bonchev–Trinajstić information content (AvgIpc) is 3.40. The molecule has 27 heavy (non-hydrogen) atoms. The van der Waals surface area contributed by atoms with Crippen LogP contribution in [0.25, 0.3) is 11.8 Å². The van der Waals surface area contributed by atoms with Gasteiger partial charge in [0, 0.05) is 30.9 Å². The third kappa shape index (κ3) is 4.08. The number of hydrogen-bond acceptors (Lipinski definition) is 3. The lowest BCUT2D eigenvalue weighted by Crippen LogP contribution is -2.20. The van der Waals surface area contributed by atoms with Gasteiger partial charge in [0.25, 0.3) is 0 Å². The molecule has 0 unspecified atom stereocenters. The van der Waals surface area contributed by atoms with E-state index in [4.69, 9.17) is 0 Å². The van der Waals surface area contributed by atoms with Gasteiger partial charge in [0.2, 0.25) is 5.91 Å². The van der Waals surface area contributed by atoms with E-state index in [0.29, 0.717) is 0 Å². The normalized spacial score (nSPS) is 14.0. The fraction of sp³-hybridized carbons (Fsp3) is 0.182. The number of nitrogens with zero attached hydrogens (tertiary/aromatic N) is 3. The molecular formula is C22H22N4O. The van der Waals surface area contributed by atoms with Gasteiger partial charge in [-0.25, -0.2) is 4.68 Å². The highest BCUT2D eigenvalue weighted by Gasteiger charge is 2.15. The number of carbonyl (C=O) groups excluding carboxylic acids is 1. The highest BCUT2D eigenvalue weighted by molar-refractivity contribution is 6.03. The summed E-state index contributed by atoms with van der Waals surface area (Å²) in [7, 11) is 0. The zero-order valence-electron chi connectivity index (χ0n) is 15.1. The molecule has 136 valence electrons. The van der Waals surface area contributed by atoms with E-state index in [2.05, 4.69) is 21.4 Å². The van der Waals surface area contributed by atoms with Gasteiger partial charge in [-0.1, -0.05) is 30.3 Å². The first kappa shape index (κ1) is 17.1. The Bertz CT molecular complexity index is 940. The fourth-order valence-electron chi connectivity index (χ4n) is 3.30. The molecule has 0 atom stereocenters. The van der Waals surface area contributed by atoms with E-state index in [0.717, 1.165) is 35.7 Å². The summed E-state index contributed by atoms with van der Waals surface area (Å²) >= 11 is 0. The van der Waals surface area contributed by atoms with Crippen LogP contribution in [0.2, 0.25) is 0 Å². The summed E-state index contributed by atoms with van der Waals surface area (Å²) in [5.41, 5.74) is 3.81. The Balaban J connectivity index is 1.44. The van der Waals surface area contributed by atoms with E-state index in [1.165, 1.54) is 12.8 Å². The summed E-state index contributed by atoms with van der Waals surface area (Å²) in [6.07, 6.45) is 9.38. The summed E-state index contributed by atoms with van der Waals surface area (Å²) in [6, 6.07) is 17.9. The van der Waals surface area contributed by atoms with Crippen LogP contribution in [0.1, 0.15) is 18.4 Å². The number of carbonyl (C=O) groups is 1. The summed E-state index contributed by atoms with van der Waals surface area (Å²) < 4.78 is 1.79. The van der Waals surface area contributed by atoms with Crippen LogP contribution in [0.15, 0.2) is 73.1 Å². The second-order valence-corrected chi connectivity index (χ2v) is 6.59. The molecule has 2 aromatic carbocycles. The van der Waals surface area contributed by atoms with Gasteiger partial charge in [0.15, 0.2) is 0 Å². The lowest BCUT2D eigenvalue weighted by Gasteiger charge is -2.21. The Morgan fingerprint density at radius 1 is 1.00 bits per heavy atom. The minimum absolute atomic E-state index is 0.144. The van der Waals surface area contributed by atoms with Gasteiger partial charge >= 0.3 is 0 Å². The molecule has 5 nitrogen and oxygen atoms in total. The Morgan fingerprint density at radius 3 is 2.56 bits per heavy atom. The summed E-state index contributed by atoms with van der Waals surface area (Å²) in [5.74, 6) is -0.144. The maximum Gasteiger partial charge on any atom is 0.248 e. The van der Waals surface area contributed by atoms with E-state index in [9.17, 15) is 4.79 Å². The third-order valence-electron chi connectivity index (χ3n) is 4.66. The molecule has 1 aliphatic heterocycles. The lowest BCUT2D eigenvalue weighted by atomic mass is 10.2. The topological polar surface area (TPSA) is 50.2 Å². The van der Waals surface area contributed by atoms with Crippen molar-refractivity contribution in [2.24, 2.45) is 0 Å². The van der Waals surface area contributed by atoms with Gasteiger partial charge in [-0.2, -0.15) is 5.10 Å². The number of hydrogen-bond donors (Lipinski definition) is 1. The van der Waals surface area contributed by atoms with E-state index < -0.39 is 0 Å². The van der Waals surface area contributed by atoms with E-state index in [-0.39, 0.29) is 5.91 Å². The standard InChI is InChI=1S/C22H22N4O/c27-22(24-20-10-4-5-11-21(20)25-14-6-7-15-25)13-12-18-16-23-26(17-18)19-8-2-1-3-9-19/h1-5,8-13,16-17H,6-7,14-15H2,(H,24,27)/b13-12+. The first-order valence-electron chi connectivity index (χ1n) is 9.23. The van der Waals surface area contributed by atoms with Crippen LogP contribution < -0.4 is 10.2 Å². The zero-order chi connectivity index (χ0) is 18.5. The van der Waals surface area contributed by atoms with E-state index in [1.54, 1.807) is 23.0 Å². The number of para-hydroxylation sites is 3. The van der Waals surface area contributed by atoms with Gasteiger partial charge in [0.1, 0.15) is 0 Å². The number of amides is 1. The SMILES string of the molecule is O=C(/C=C/c1cnn(-c2ccccc2)c1)Nc1ccccc1N1CCCC1. The Labute approximate surface area is 158 Å². The molecule has 2 heterocycles. The monoisotopic (exact) mass is 358 g/mol. The largest absolute Gasteiger partial charge is 0.370 e. The van der Waals surface area contributed by atoms with Crippen LogP contribution in [0.5, 0.6) is 0 Å². The molecule has 0 saturated carbocycles. The first-order valence-corrected chi connectivity index (χ1v) is 9.23. The Kier molecular flexibility index (Phi) is 5.01. The van der Waals surface area contributed by atoms with Crippen LogP contribution in [-0.2, 0) is 4.79 Å². The Hall–Kier alpha value is -3.34. The molecule has 4 rings (SSSR count). The maximum absolute atomic E-state index is 12.4. The molecule has 1 saturated heterocycles. The van der Waals surface area contributed by atoms with Gasteiger partial charge in [-0.3, -0.25) is 4.79 Å². The predicted octanol–water partition coefficient (Wildman–Crippen LogP) is 4.12. The number of aromatic nitrogens is 2. The van der Waals surface area contributed by atoms with Gasteiger partial charge < -0.3 is 10.2 Å². The van der Waals surface area contributed by atoms with Crippen LogP contribution in [0.4, 0.5) is 11.4 Å². The molecule has 1 aliphatic rings. The smallest absolute Gasteiger partial charge is 0.248 e. The fourth-order valence-corrected chi connectivity index (χ4v) is 3.30. The molecule has 1 amide bonds. The minimum Gasteiger partial charge on any atom is -0.370 e.